The van der Waals surface area contributed by atoms with Crippen molar-refractivity contribution in [3.63, 3.8) is 0 Å². The van der Waals surface area contributed by atoms with E-state index < -0.39 is 5.97 Å². The molecule has 2 aromatic carbocycles. The number of halogens is 1. The van der Waals surface area contributed by atoms with Crippen LogP contribution >= 0.6 is 11.6 Å². The summed E-state index contributed by atoms with van der Waals surface area (Å²) >= 11 is 5.95. The number of anilines is 1. The molecule has 3 aromatic rings. The predicted molar refractivity (Wildman–Crippen MR) is 103 cm³/mol. The molecule has 0 N–H and O–H groups in total. The first kappa shape index (κ1) is 18.9. The van der Waals surface area contributed by atoms with E-state index in [0.717, 1.165) is 0 Å². The maximum Gasteiger partial charge on any atom is 0.308 e. The lowest BCUT2D eigenvalue weighted by atomic mass is 10.2. The van der Waals surface area contributed by atoms with Crippen LogP contribution in [0.4, 0.5) is 5.69 Å². The number of aromatic nitrogens is 2. The standard InChI is InChI=1S/C20H16ClN3O5/c21-14-5-3-4-13(10-14)20-22-17(29-23-20)11-28-19(26)8-9-24-15-6-1-2-7-16(15)27-12-18(24)25/h1-7,10H,8-9,11-12H2. The molecule has 0 saturated heterocycles. The molecule has 148 valence electrons. The van der Waals surface area contributed by atoms with Gasteiger partial charge in [0.1, 0.15) is 5.75 Å². The summed E-state index contributed by atoms with van der Waals surface area (Å²) in [7, 11) is 0. The molecule has 0 bridgehead atoms. The molecule has 1 aromatic heterocycles. The lowest BCUT2D eigenvalue weighted by molar-refractivity contribution is -0.145. The Morgan fingerprint density at radius 3 is 2.93 bits per heavy atom. The van der Waals surface area contributed by atoms with Gasteiger partial charge in [0, 0.05) is 17.1 Å². The first-order valence-corrected chi connectivity index (χ1v) is 9.24. The first-order chi connectivity index (χ1) is 14.1. The van der Waals surface area contributed by atoms with Crippen LogP contribution in [-0.4, -0.2) is 35.2 Å². The van der Waals surface area contributed by atoms with Crippen molar-refractivity contribution in [3.8, 4) is 17.1 Å². The Kier molecular flexibility index (Phi) is 5.44. The fourth-order valence-electron chi connectivity index (χ4n) is 2.87. The summed E-state index contributed by atoms with van der Waals surface area (Å²) in [6.45, 7) is -0.0179. The zero-order valence-corrected chi connectivity index (χ0v) is 16.0. The van der Waals surface area contributed by atoms with Crippen molar-refractivity contribution in [2.24, 2.45) is 0 Å². The van der Waals surface area contributed by atoms with Crippen LogP contribution in [0.1, 0.15) is 12.3 Å². The van der Waals surface area contributed by atoms with E-state index in [0.29, 0.717) is 27.8 Å². The van der Waals surface area contributed by atoms with Gasteiger partial charge in [-0.2, -0.15) is 4.98 Å². The van der Waals surface area contributed by atoms with E-state index in [1.54, 1.807) is 42.5 Å². The monoisotopic (exact) mass is 413 g/mol. The molecule has 29 heavy (non-hydrogen) atoms. The number of amides is 1. The second kappa shape index (κ2) is 8.32. The van der Waals surface area contributed by atoms with Crippen LogP contribution in [0.25, 0.3) is 11.4 Å². The Bertz CT molecular complexity index is 1050. The van der Waals surface area contributed by atoms with E-state index in [9.17, 15) is 9.59 Å². The van der Waals surface area contributed by atoms with Gasteiger partial charge in [0.15, 0.2) is 13.2 Å². The van der Waals surface area contributed by atoms with Crippen molar-refractivity contribution >= 4 is 29.2 Å². The molecule has 0 fully saturated rings. The van der Waals surface area contributed by atoms with E-state index >= 15 is 0 Å². The van der Waals surface area contributed by atoms with E-state index in [4.69, 9.17) is 25.6 Å². The third-order valence-electron chi connectivity index (χ3n) is 4.26. The number of nitrogens with zero attached hydrogens (tertiary/aromatic N) is 3. The number of carbonyl (C=O) groups is 2. The van der Waals surface area contributed by atoms with Crippen molar-refractivity contribution in [1.82, 2.24) is 10.1 Å². The van der Waals surface area contributed by atoms with Gasteiger partial charge in [-0.15, -0.1) is 0 Å². The normalized spacial score (nSPS) is 13.0. The molecule has 9 heteroatoms. The van der Waals surface area contributed by atoms with Gasteiger partial charge in [-0.25, -0.2) is 0 Å². The summed E-state index contributed by atoms with van der Waals surface area (Å²) in [4.78, 5) is 29.9. The minimum absolute atomic E-state index is 0.0232. The van der Waals surface area contributed by atoms with Gasteiger partial charge in [0.2, 0.25) is 5.82 Å². The third kappa shape index (κ3) is 4.38. The van der Waals surface area contributed by atoms with Gasteiger partial charge in [-0.1, -0.05) is 41.0 Å². The predicted octanol–water partition coefficient (Wildman–Crippen LogP) is 3.25. The molecule has 0 aliphatic carbocycles. The number of benzene rings is 2. The molecular weight excluding hydrogens is 398 g/mol. The van der Waals surface area contributed by atoms with Crippen molar-refractivity contribution in [1.29, 1.82) is 0 Å². The number of hydrogen-bond acceptors (Lipinski definition) is 7. The molecule has 2 heterocycles. The lowest BCUT2D eigenvalue weighted by Gasteiger charge is -2.28. The van der Waals surface area contributed by atoms with Crippen LogP contribution < -0.4 is 9.64 Å². The van der Waals surface area contributed by atoms with Gasteiger partial charge in [-0.3, -0.25) is 9.59 Å². The first-order valence-electron chi connectivity index (χ1n) is 8.86. The third-order valence-corrected chi connectivity index (χ3v) is 4.49. The Labute approximate surface area is 171 Å². The highest BCUT2D eigenvalue weighted by molar-refractivity contribution is 6.30. The second-order valence-corrected chi connectivity index (χ2v) is 6.67. The Morgan fingerprint density at radius 2 is 2.07 bits per heavy atom. The Morgan fingerprint density at radius 1 is 1.21 bits per heavy atom. The number of esters is 1. The van der Waals surface area contributed by atoms with E-state index in [1.807, 2.05) is 6.07 Å². The maximum absolute atomic E-state index is 12.1. The Hall–Kier alpha value is -3.39. The minimum atomic E-state index is -0.482. The van der Waals surface area contributed by atoms with E-state index in [2.05, 4.69) is 10.1 Å². The van der Waals surface area contributed by atoms with E-state index in [1.165, 1.54) is 4.90 Å². The van der Waals surface area contributed by atoms with Crippen LogP contribution in [0.5, 0.6) is 5.75 Å². The van der Waals surface area contributed by atoms with Gasteiger partial charge in [-0.05, 0) is 24.3 Å². The zero-order valence-electron chi connectivity index (χ0n) is 15.2. The zero-order chi connectivity index (χ0) is 20.2. The molecule has 0 unspecified atom stereocenters. The average molecular weight is 414 g/mol. The van der Waals surface area contributed by atoms with Crippen molar-refractivity contribution < 1.29 is 23.6 Å². The fourth-order valence-corrected chi connectivity index (χ4v) is 3.07. The van der Waals surface area contributed by atoms with Crippen LogP contribution in [-0.2, 0) is 20.9 Å². The molecule has 0 atom stereocenters. The second-order valence-electron chi connectivity index (χ2n) is 6.23. The largest absolute Gasteiger partial charge is 0.482 e. The molecular formula is C20H16ClN3O5. The van der Waals surface area contributed by atoms with Crippen molar-refractivity contribution in [2.45, 2.75) is 13.0 Å². The number of para-hydroxylation sites is 2. The van der Waals surface area contributed by atoms with Crippen molar-refractivity contribution in [3.05, 3.63) is 59.4 Å². The maximum atomic E-state index is 12.1. The van der Waals surface area contributed by atoms with Gasteiger partial charge in [0.25, 0.3) is 11.8 Å². The van der Waals surface area contributed by atoms with Gasteiger partial charge < -0.3 is 18.9 Å². The lowest BCUT2D eigenvalue weighted by Crippen LogP contribution is -2.40. The molecule has 1 aliphatic heterocycles. The van der Waals surface area contributed by atoms with Gasteiger partial charge in [0.05, 0.1) is 12.1 Å². The number of ether oxygens (including phenoxy) is 2. The summed E-state index contributed by atoms with van der Waals surface area (Å²) in [6, 6.07) is 14.2. The van der Waals surface area contributed by atoms with E-state index in [-0.39, 0.29) is 38.0 Å². The summed E-state index contributed by atoms with van der Waals surface area (Å²) in [5.41, 5.74) is 1.34. The van der Waals surface area contributed by atoms with Crippen LogP contribution in [0, 0.1) is 0 Å². The van der Waals surface area contributed by atoms with Gasteiger partial charge >= 0.3 is 5.97 Å². The molecule has 1 amide bonds. The topological polar surface area (TPSA) is 94.8 Å². The average Bonchev–Trinajstić information content (AvgIpc) is 3.21. The Balaban J connectivity index is 1.32. The molecule has 0 saturated carbocycles. The summed E-state index contributed by atoms with van der Waals surface area (Å²) in [5, 5.41) is 4.41. The number of carbonyl (C=O) groups excluding carboxylic acids is 2. The molecule has 0 spiro atoms. The number of fused-ring (bicyclic) bond motifs is 1. The van der Waals surface area contributed by atoms with Crippen LogP contribution in [0.3, 0.4) is 0 Å². The molecule has 4 rings (SSSR count). The van der Waals surface area contributed by atoms with Crippen molar-refractivity contribution in [2.75, 3.05) is 18.1 Å². The highest BCUT2D eigenvalue weighted by atomic mass is 35.5. The minimum Gasteiger partial charge on any atom is -0.482 e. The summed E-state index contributed by atoms with van der Waals surface area (Å²) < 4.78 is 15.7. The SMILES string of the molecule is O=C(CCN1C(=O)COc2ccccc21)OCc1nc(-c2cccc(Cl)c2)no1. The fraction of sp³-hybridized carbons (Fsp3) is 0.200. The van der Waals surface area contributed by atoms with Crippen LogP contribution in [0.2, 0.25) is 5.02 Å². The molecule has 8 nitrogen and oxygen atoms in total. The molecule has 0 radical (unpaired) electrons. The molecule has 1 aliphatic rings. The smallest absolute Gasteiger partial charge is 0.308 e. The van der Waals surface area contributed by atoms with Crippen LogP contribution in [0.15, 0.2) is 53.1 Å². The highest BCUT2D eigenvalue weighted by Gasteiger charge is 2.25. The summed E-state index contributed by atoms with van der Waals surface area (Å²) in [6.07, 6.45) is 0.0232. The highest BCUT2D eigenvalue weighted by Crippen LogP contribution is 2.31. The quantitative estimate of drug-likeness (QED) is 0.572. The summed E-state index contributed by atoms with van der Waals surface area (Å²) in [5.74, 6) is 0.443. The number of hydrogen-bond donors (Lipinski definition) is 0. The number of rotatable bonds is 6.